The van der Waals surface area contributed by atoms with E-state index in [2.05, 4.69) is 155 Å². The number of nitrogens with zero attached hydrogens (tertiary/aromatic N) is 4. The molecule has 11 rings (SSSR count). The van der Waals surface area contributed by atoms with Gasteiger partial charge in [-0.25, -0.2) is 4.98 Å². The van der Waals surface area contributed by atoms with Gasteiger partial charge in [-0.05, 0) is 70.6 Å². The van der Waals surface area contributed by atoms with Crippen molar-refractivity contribution in [1.29, 1.82) is 0 Å². The number of hydrogen-bond acceptors (Lipinski definition) is 1. The van der Waals surface area contributed by atoms with E-state index in [0.29, 0.717) is 0 Å². The van der Waals surface area contributed by atoms with Crippen LogP contribution in [0, 0.1) is 0 Å². The van der Waals surface area contributed by atoms with Crippen LogP contribution in [-0.4, -0.2) is 25.2 Å². The molecular formula is C40H27BN4. The van der Waals surface area contributed by atoms with E-state index in [9.17, 15) is 0 Å². The van der Waals surface area contributed by atoms with Crippen molar-refractivity contribution in [3.05, 3.63) is 139 Å². The van der Waals surface area contributed by atoms with E-state index in [1.54, 1.807) is 0 Å². The van der Waals surface area contributed by atoms with Crippen LogP contribution in [0.3, 0.4) is 0 Å². The van der Waals surface area contributed by atoms with Crippen LogP contribution in [0.5, 0.6) is 0 Å². The summed E-state index contributed by atoms with van der Waals surface area (Å²) in [5.41, 5.74) is 16.4. The monoisotopic (exact) mass is 574 g/mol. The highest BCUT2D eigenvalue weighted by atomic mass is 15.2. The minimum absolute atomic E-state index is 0.133. The highest BCUT2D eigenvalue weighted by Crippen LogP contribution is 2.41. The Balaban J connectivity index is 1.34. The topological polar surface area (TPSA) is 27.2 Å². The van der Waals surface area contributed by atoms with Crippen LogP contribution in [0.15, 0.2) is 127 Å². The average molecular weight is 574 g/mol. The number of para-hydroxylation sites is 5. The number of fused-ring (bicyclic) bond motifs is 12. The third kappa shape index (κ3) is 2.74. The zero-order valence-corrected chi connectivity index (χ0v) is 25.0. The third-order valence-electron chi connectivity index (χ3n) is 10.7. The lowest BCUT2D eigenvalue weighted by molar-refractivity contribution is 0.646. The van der Waals surface area contributed by atoms with Crippen molar-refractivity contribution in [2.24, 2.45) is 0 Å². The van der Waals surface area contributed by atoms with Crippen molar-refractivity contribution in [2.75, 3.05) is 0 Å². The van der Waals surface area contributed by atoms with Gasteiger partial charge in [0, 0.05) is 33.1 Å². The first-order valence-electron chi connectivity index (χ1n) is 15.8. The molecule has 4 nitrogen and oxygen atoms in total. The van der Waals surface area contributed by atoms with Crippen molar-refractivity contribution in [2.45, 2.75) is 19.3 Å². The molecule has 0 radical (unpaired) electrons. The molecule has 0 bridgehead atoms. The first-order valence-corrected chi connectivity index (χ1v) is 15.8. The molecule has 0 amide bonds. The van der Waals surface area contributed by atoms with E-state index < -0.39 is 0 Å². The second-order valence-electron chi connectivity index (χ2n) is 13.2. The molecule has 0 fully saturated rings. The van der Waals surface area contributed by atoms with Gasteiger partial charge in [-0.15, -0.1) is 0 Å². The van der Waals surface area contributed by atoms with Gasteiger partial charge >= 0.3 is 0 Å². The summed E-state index contributed by atoms with van der Waals surface area (Å²) < 4.78 is 7.24. The normalized spacial score (nSPS) is 14.6. The van der Waals surface area contributed by atoms with Gasteiger partial charge in [-0.2, -0.15) is 0 Å². The van der Waals surface area contributed by atoms with Crippen molar-refractivity contribution in [3.8, 4) is 11.4 Å². The molecule has 6 aromatic carbocycles. The molecule has 3 aromatic heterocycles. The largest absolute Gasteiger partial charge is 0.310 e. The van der Waals surface area contributed by atoms with Gasteiger partial charge in [0.15, 0.2) is 0 Å². The molecule has 0 saturated carbocycles. The van der Waals surface area contributed by atoms with Crippen LogP contribution in [0.25, 0.3) is 61.0 Å². The number of rotatable bonds is 1. The van der Waals surface area contributed by atoms with E-state index in [1.165, 1.54) is 66.0 Å². The summed E-state index contributed by atoms with van der Waals surface area (Å²) in [7, 11) is 0. The molecule has 0 N–H and O–H groups in total. The van der Waals surface area contributed by atoms with E-state index in [4.69, 9.17) is 4.98 Å². The summed E-state index contributed by atoms with van der Waals surface area (Å²) in [4.78, 5) is 5.20. The molecule has 0 atom stereocenters. The SMILES string of the molecule is CC1(C)c2cc3c(cc2B2c4c(cccc41)-n1c4ccccc4c4cccc2c41)n1c2ccccc2nc1n3-c1ccccc1. The molecule has 0 unspecified atom stereocenters. The predicted octanol–water partition coefficient (Wildman–Crippen LogP) is 7.00. The summed E-state index contributed by atoms with van der Waals surface area (Å²) in [5.74, 6) is 0.946. The predicted molar refractivity (Wildman–Crippen MR) is 187 cm³/mol. The molecule has 45 heavy (non-hydrogen) atoms. The standard InChI is InChI=1S/C40H27BN4/c1-40(2)27-16-11-21-34-37(27)41(29-17-10-15-26-25-14-6-8-19-32(25)44(34)38(26)29)30-23-36-35(22-28(30)40)43(24-12-4-3-5-13-24)39-42-31-18-7-9-20-33(31)45(36)39/h3-23H,1-2H3. The maximum Gasteiger partial charge on any atom is 0.247 e. The van der Waals surface area contributed by atoms with Gasteiger partial charge < -0.3 is 4.57 Å². The van der Waals surface area contributed by atoms with E-state index in [1.807, 2.05) is 0 Å². The summed E-state index contributed by atoms with van der Waals surface area (Å²) >= 11 is 0. The zero-order valence-electron chi connectivity index (χ0n) is 25.0. The highest BCUT2D eigenvalue weighted by molar-refractivity contribution is 6.99. The molecule has 0 spiro atoms. The maximum absolute atomic E-state index is 5.20. The molecule has 5 heterocycles. The highest BCUT2D eigenvalue weighted by Gasteiger charge is 2.45. The molecule has 2 aliphatic rings. The Morgan fingerprint density at radius 2 is 1.33 bits per heavy atom. The van der Waals surface area contributed by atoms with Crippen LogP contribution < -0.4 is 16.4 Å². The van der Waals surface area contributed by atoms with Crippen LogP contribution >= 0.6 is 0 Å². The Bertz CT molecular complexity index is 2740. The Morgan fingerprint density at radius 3 is 2.22 bits per heavy atom. The van der Waals surface area contributed by atoms with E-state index in [-0.39, 0.29) is 12.1 Å². The lowest BCUT2D eigenvalue weighted by Crippen LogP contribution is -2.63. The summed E-state index contributed by atoms with van der Waals surface area (Å²) in [6.45, 7) is 4.95. The minimum atomic E-state index is -0.199. The average Bonchev–Trinajstić information content (AvgIpc) is 3.72. The lowest BCUT2D eigenvalue weighted by Gasteiger charge is -2.41. The zero-order chi connectivity index (χ0) is 29.6. The molecule has 5 heteroatoms. The Kier molecular flexibility index (Phi) is 4.21. The first-order chi connectivity index (χ1) is 22.1. The Labute approximate surface area is 259 Å². The van der Waals surface area contributed by atoms with Gasteiger partial charge in [0.2, 0.25) is 12.5 Å². The molecule has 0 saturated heterocycles. The summed E-state index contributed by atoms with van der Waals surface area (Å²) in [5, 5.41) is 2.64. The van der Waals surface area contributed by atoms with Crippen LogP contribution in [-0.2, 0) is 5.41 Å². The van der Waals surface area contributed by atoms with Crippen LogP contribution in [0.2, 0.25) is 0 Å². The van der Waals surface area contributed by atoms with Crippen LogP contribution in [0.4, 0.5) is 0 Å². The fourth-order valence-corrected chi connectivity index (χ4v) is 8.82. The minimum Gasteiger partial charge on any atom is -0.310 e. The second kappa shape index (κ2) is 7.93. The maximum atomic E-state index is 5.20. The van der Waals surface area contributed by atoms with Crippen molar-refractivity contribution >= 4 is 72.8 Å². The fourth-order valence-electron chi connectivity index (χ4n) is 8.82. The van der Waals surface area contributed by atoms with E-state index in [0.717, 1.165) is 22.5 Å². The third-order valence-corrected chi connectivity index (χ3v) is 10.7. The van der Waals surface area contributed by atoms with Crippen molar-refractivity contribution < 1.29 is 0 Å². The van der Waals surface area contributed by atoms with Crippen molar-refractivity contribution in [1.82, 2.24) is 18.5 Å². The van der Waals surface area contributed by atoms with Crippen LogP contribution in [0.1, 0.15) is 25.0 Å². The van der Waals surface area contributed by atoms with Crippen molar-refractivity contribution in [3.63, 3.8) is 0 Å². The van der Waals surface area contributed by atoms with Gasteiger partial charge in [0.25, 0.3) is 0 Å². The van der Waals surface area contributed by atoms with E-state index >= 15 is 0 Å². The number of aromatic nitrogens is 4. The Morgan fingerprint density at radius 1 is 0.578 bits per heavy atom. The number of imidazole rings is 2. The van der Waals surface area contributed by atoms with Gasteiger partial charge in [-0.3, -0.25) is 8.97 Å². The first kappa shape index (κ1) is 23.9. The second-order valence-corrected chi connectivity index (χ2v) is 13.2. The van der Waals surface area contributed by atoms with Gasteiger partial charge in [0.05, 0.1) is 27.6 Å². The lowest BCUT2D eigenvalue weighted by atomic mass is 9.30. The molecule has 0 aliphatic carbocycles. The molecule has 210 valence electrons. The molecule has 2 aliphatic heterocycles. The van der Waals surface area contributed by atoms with Gasteiger partial charge in [0.1, 0.15) is 0 Å². The quantitative estimate of drug-likeness (QED) is 0.194. The molecule has 9 aromatic rings. The smallest absolute Gasteiger partial charge is 0.247 e. The number of benzene rings is 6. The fraction of sp³-hybridized carbons (Fsp3) is 0.0750. The summed E-state index contributed by atoms with van der Waals surface area (Å²) in [6.07, 6.45) is 0. The molecular weight excluding hydrogens is 547 g/mol. The number of hydrogen-bond donors (Lipinski definition) is 0. The van der Waals surface area contributed by atoms with Gasteiger partial charge in [-0.1, -0.05) is 98.2 Å². The summed E-state index contributed by atoms with van der Waals surface area (Å²) in [6, 6.07) is 46.9. The Hall–Kier alpha value is -5.55.